The summed E-state index contributed by atoms with van der Waals surface area (Å²) < 4.78 is 5.37. The number of amides is 3. The summed E-state index contributed by atoms with van der Waals surface area (Å²) in [4.78, 5) is 41.5. The lowest BCUT2D eigenvalue weighted by molar-refractivity contribution is -0.142. The van der Waals surface area contributed by atoms with Gasteiger partial charge in [-0.3, -0.25) is 9.59 Å². The van der Waals surface area contributed by atoms with Crippen molar-refractivity contribution < 1.29 is 19.1 Å². The van der Waals surface area contributed by atoms with Gasteiger partial charge in [-0.05, 0) is 58.2 Å². The number of carbonyl (C=O) groups excluding carboxylic acids is 3. The molecule has 0 aliphatic rings. The summed E-state index contributed by atoms with van der Waals surface area (Å²) in [5.41, 5.74) is 0.826. The molecule has 0 aliphatic carbocycles. The van der Waals surface area contributed by atoms with Crippen LogP contribution in [0.2, 0.25) is 0 Å². The van der Waals surface area contributed by atoms with Crippen LogP contribution in [0.15, 0.2) is 30.8 Å². The Labute approximate surface area is 229 Å². The molecule has 3 amide bonds. The predicted octanol–water partition coefficient (Wildman–Crippen LogP) is 5.91. The number of rotatable bonds is 15. The van der Waals surface area contributed by atoms with Gasteiger partial charge in [0.25, 0.3) is 0 Å². The van der Waals surface area contributed by atoms with Crippen molar-refractivity contribution >= 4 is 36.6 Å². The lowest BCUT2D eigenvalue weighted by Crippen LogP contribution is -2.54. The molecule has 7 nitrogen and oxygen atoms in total. The normalized spacial score (nSPS) is 13.0. The van der Waals surface area contributed by atoms with Gasteiger partial charge < -0.3 is 20.3 Å². The highest BCUT2D eigenvalue weighted by Gasteiger charge is 2.35. The van der Waals surface area contributed by atoms with Crippen molar-refractivity contribution in [2.75, 3.05) is 12.3 Å². The molecule has 0 aromatic heterocycles. The third-order valence-electron chi connectivity index (χ3n) is 5.66. The molecule has 0 radical (unpaired) electrons. The van der Waals surface area contributed by atoms with Crippen LogP contribution in [-0.2, 0) is 14.3 Å². The van der Waals surface area contributed by atoms with E-state index in [-0.39, 0.29) is 23.6 Å². The van der Waals surface area contributed by atoms with Crippen molar-refractivity contribution in [1.29, 1.82) is 0 Å². The van der Waals surface area contributed by atoms with Gasteiger partial charge in [-0.25, -0.2) is 4.79 Å². The lowest BCUT2D eigenvalue weighted by Gasteiger charge is -2.34. The Bertz CT molecular complexity index is 882. The van der Waals surface area contributed by atoms with Crippen molar-refractivity contribution in [2.24, 2.45) is 0 Å². The predicted molar refractivity (Wildman–Crippen MR) is 155 cm³/mol. The van der Waals surface area contributed by atoms with Crippen LogP contribution in [0.4, 0.5) is 4.79 Å². The van der Waals surface area contributed by atoms with E-state index < -0.39 is 23.8 Å². The molecule has 1 rings (SSSR count). The molecule has 2 atom stereocenters. The summed E-state index contributed by atoms with van der Waals surface area (Å²) in [6.45, 7) is 15.4. The first-order chi connectivity index (χ1) is 17.4. The highest BCUT2D eigenvalue weighted by atomic mass is 32.1. The van der Waals surface area contributed by atoms with Crippen LogP contribution in [0.3, 0.4) is 0 Å². The van der Waals surface area contributed by atoms with E-state index in [9.17, 15) is 14.4 Å². The van der Waals surface area contributed by atoms with Crippen molar-refractivity contribution in [1.82, 2.24) is 15.5 Å². The van der Waals surface area contributed by atoms with Crippen molar-refractivity contribution in [3.63, 3.8) is 0 Å². The fraction of sp³-hybridized carbons (Fsp3) is 0.621. The fourth-order valence-electron chi connectivity index (χ4n) is 3.96. The van der Waals surface area contributed by atoms with E-state index in [0.29, 0.717) is 12.1 Å². The van der Waals surface area contributed by atoms with Crippen molar-refractivity contribution in [2.45, 2.75) is 104 Å². The van der Waals surface area contributed by atoms with Crippen LogP contribution in [-0.4, -0.2) is 52.8 Å². The van der Waals surface area contributed by atoms with Crippen LogP contribution in [0, 0.1) is 0 Å². The lowest BCUT2D eigenvalue weighted by atomic mass is 9.99. The van der Waals surface area contributed by atoms with Gasteiger partial charge in [0.1, 0.15) is 17.7 Å². The van der Waals surface area contributed by atoms with Gasteiger partial charge in [0.05, 0.1) is 0 Å². The van der Waals surface area contributed by atoms with Crippen molar-refractivity contribution in [3.05, 3.63) is 42.0 Å². The SMILES string of the molecule is C=Cc1cccc(C(C(=O)NC(C)C)N(CCCCCCCC)C(=O)C(CS)NC(=O)OC(C)(C)C)c1. The summed E-state index contributed by atoms with van der Waals surface area (Å²) in [7, 11) is 0. The zero-order chi connectivity index (χ0) is 28.0. The molecule has 2 N–H and O–H groups in total. The fourth-order valence-corrected chi connectivity index (χ4v) is 4.20. The highest BCUT2D eigenvalue weighted by Crippen LogP contribution is 2.25. The van der Waals surface area contributed by atoms with E-state index in [0.717, 1.165) is 37.7 Å². The minimum atomic E-state index is -0.949. The molecule has 0 bridgehead atoms. The number of hydrogen-bond donors (Lipinski definition) is 3. The zero-order valence-electron chi connectivity index (χ0n) is 23.5. The molecule has 208 valence electrons. The molecule has 0 saturated carbocycles. The van der Waals surface area contributed by atoms with Gasteiger partial charge >= 0.3 is 6.09 Å². The first-order valence-corrected chi connectivity index (χ1v) is 14.0. The second-order valence-corrected chi connectivity index (χ2v) is 11.0. The van der Waals surface area contributed by atoms with Crippen LogP contribution in [0.5, 0.6) is 0 Å². The highest BCUT2D eigenvalue weighted by molar-refractivity contribution is 7.80. The van der Waals surface area contributed by atoms with Gasteiger partial charge in [0, 0.05) is 18.3 Å². The maximum Gasteiger partial charge on any atom is 0.408 e. The standard InChI is InChI=1S/C29H47N3O4S/c1-8-10-11-12-13-14-18-32(27(34)24(20-37)31-28(35)36-29(5,6)7)25(26(33)30-21(3)4)23-17-15-16-22(9-2)19-23/h9,15-17,19,21,24-25,37H,2,8,10-14,18,20H2,1,3-7H3,(H,30,33)(H,31,35). The number of nitrogens with zero attached hydrogens (tertiary/aromatic N) is 1. The van der Waals surface area contributed by atoms with Gasteiger partial charge in [-0.2, -0.15) is 12.6 Å². The van der Waals surface area contributed by atoms with Gasteiger partial charge in [0.2, 0.25) is 11.8 Å². The zero-order valence-corrected chi connectivity index (χ0v) is 24.4. The van der Waals surface area contributed by atoms with E-state index in [1.54, 1.807) is 31.7 Å². The molecule has 0 fully saturated rings. The Morgan fingerprint density at radius 2 is 1.73 bits per heavy atom. The molecular weight excluding hydrogens is 486 g/mol. The first-order valence-electron chi connectivity index (χ1n) is 13.4. The summed E-state index contributed by atoms with van der Waals surface area (Å²) in [5.74, 6) is -0.580. The van der Waals surface area contributed by atoms with Crippen LogP contribution < -0.4 is 10.6 Å². The number of ether oxygens (including phenoxy) is 1. The smallest absolute Gasteiger partial charge is 0.408 e. The Kier molecular flexibility index (Phi) is 14.4. The first kappa shape index (κ1) is 32.5. The minimum absolute atomic E-state index is 0.0658. The monoisotopic (exact) mass is 533 g/mol. The third-order valence-corrected chi connectivity index (χ3v) is 6.03. The molecule has 2 unspecified atom stereocenters. The van der Waals surface area contributed by atoms with E-state index in [4.69, 9.17) is 4.74 Å². The Hall–Kier alpha value is -2.48. The molecule has 0 saturated heterocycles. The number of carbonyl (C=O) groups is 3. The number of benzene rings is 1. The van der Waals surface area contributed by atoms with Gasteiger partial charge in [-0.15, -0.1) is 0 Å². The number of hydrogen-bond acceptors (Lipinski definition) is 5. The number of unbranched alkanes of at least 4 members (excludes halogenated alkanes) is 5. The molecule has 0 spiro atoms. The molecular formula is C29H47N3O4S. The minimum Gasteiger partial charge on any atom is -0.444 e. The second kappa shape index (κ2) is 16.4. The van der Waals surface area contributed by atoms with Gasteiger partial charge in [-0.1, -0.05) is 69.9 Å². The van der Waals surface area contributed by atoms with E-state index in [2.05, 4.69) is 36.8 Å². The second-order valence-electron chi connectivity index (χ2n) is 10.6. The number of thiol groups is 1. The summed E-state index contributed by atoms with van der Waals surface area (Å²) in [5, 5.41) is 5.63. The maximum atomic E-state index is 13.9. The maximum absolute atomic E-state index is 13.9. The Morgan fingerprint density at radius 1 is 1.08 bits per heavy atom. The van der Waals surface area contributed by atoms with Crippen LogP contribution in [0.1, 0.15) is 97.2 Å². The number of alkyl carbamates (subject to hydrolysis) is 1. The molecule has 1 aromatic carbocycles. The van der Waals surface area contributed by atoms with E-state index >= 15 is 0 Å². The quantitative estimate of drug-likeness (QED) is 0.193. The molecule has 8 heteroatoms. The Balaban J connectivity index is 3.36. The summed E-state index contributed by atoms with van der Waals surface area (Å²) in [6.07, 6.45) is 7.24. The molecule has 0 heterocycles. The molecule has 37 heavy (non-hydrogen) atoms. The largest absolute Gasteiger partial charge is 0.444 e. The topological polar surface area (TPSA) is 87.7 Å². The molecule has 1 aromatic rings. The van der Waals surface area contributed by atoms with E-state index in [1.165, 1.54) is 6.42 Å². The van der Waals surface area contributed by atoms with E-state index in [1.807, 2.05) is 38.1 Å². The third kappa shape index (κ3) is 12.1. The molecule has 0 aliphatic heterocycles. The van der Waals surface area contributed by atoms with Crippen molar-refractivity contribution in [3.8, 4) is 0 Å². The van der Waals surface area contributed by atoms with Crippen LogP contribution in [0.25, 0.3) is 6.08 Å². The Morgan fingerprint density at radius 3 is 2.30 bits per heavy atom. The van der Waals surface area contributed by atoms with Gasteiger partial charge in [0.15, 0.2) is 0 Å². The average molecular weight is 534 g/mol. The summed E-state index contributed by atoms with van der Waals surface area (Å²) in [6, 6.07) is 5.54. The van der Waals surface area contributed by atoms with Crippen LogP contribution >= 0.6 is 12.6 Å². The number of nitrogens with one attached hydrogen (secondary N) is 2. The average Bonchev–Trinajstić information content (AvgIpc) is 2.81. The summed E-state index contributed by atoms with van der Waals surface area (Å²) >= 11 is 4.35.